The summed E-state index contributed by atoms with van der Waals surface area (Å²) in [6.07, 6.45) is 0. The van der Waals surface area contributed by atoms with E-state index in [-0.39, 0.29) is 0 Å². The van der Waals surface area contributed by atoms with Gasteiger partial charge in [0.15, 0.2) is 0 Å². The van der Waals surface area contributed by atoms with Gasteiger partial charge in [-0.05, 0) is 81.6 Å². The molecule has 0 aliphatic carbocycles. The molecule has 226 valence electrons. The predicted octanol–water partition coefficient (Wildman–Crippen LogP) is 13.2. The highest BCUT2D eigenvalue weighted by Crippen LogP contribution is 2.41. The summed E-state index contributed by atoms with van der Waals surface area (Å²) in [6, 6.07) is 66.7. The second-order valence-corrected chi connectivity index (χ2v) is 12.2. The van der Waals surface area contributed by atoms with E-state index in [1.165, 1.54) is 21.9 Å². The zero-order valence-electron chi connectivity index (χ0n) is 26.3. The van der Waals surface area contributed by atoms with E-state index in [2.05, 4.69) is 187 Å². The van der Waals surface area contributed by atoms with Gasteiger partial charge in [-0.2, -0.15) is 0 Å². The molecule has 0 aliphatic heterocycles. The lowest BCUT2D eigenvalue weighted by molar-refractivity contribution is 0.671. The van der Waals surface area contributed by atoms with E-state index < -0.39 is 0 Å². The Bertz CT molecular complexity index is 2490. The average Bonchev–Trinajstić information content (AvgIpc) is 3.55. The largest absolute Gasteiger partial charge is 0.455 e. The van der Waals surface area contributed by atoms with Gasteiger partial charge in [0.05, 0.1) is 0 Å². The standard InChI is InChI=1S/C46H31NO/c1-4-12-33(13-5-1)41-18-10-20-43-44-21-11-19-42(46(44)48-45(41)43)37-25-24-35-30-34(22-23-36(35)31-37)32-26-28-40(29-27-32)47(38-14-6-2-7-15-38)39-16-8-3-9-17-39/h1-31H. The normalized spacial score (nSPS) is 11.3. The molecule has 0 N–H and O–H groups in total. The van der Waals surface area contributed by atoms with Crippen LogP contribution in [0.5, 0.6) is 0 Å². The van der Waals surface area contributed by atoms with Gasteiger partial charge in [0, 0.05) is 39.0 Å². The molecule has 48 heavy (non-hydrogen) atoms. The second-order valence-electron chi connectivity index (χ2n) is 12.2. The first-order valence-electron chi connectivity index (χ1n) is 16.3. The van der Waals surface area contributed by atoms with Crippen LogP contribution in [0.25, 0.3) is 66.1 Å². The maximum absolute atomic E-state index is 6.69. The third-order valence-corrected chi connectivity index (χ3v) is 9.25. The van der Waals surface area contributed by atoms with Gasteiger partial charge in [0.25, 0.3) is 0 Å². The Hall–Kier alpha value is -6.38. The summed E-state index contributed by atoms with van der Waals surface area (Å²) in [7, 11) is 0. The number of benzene rings is 8. The van der Waals surface area contributed by atoms with Crippen LogP contribution in [0, 0.1) is 0 Å². The number of fused-ring (bicyclic) bond motifs is 4. The Morgan fingerprint density at radius 2 is 0.771 bits per heavy atom. The van der Waals surface area contributed by atoms with Crippen LogP contribution in [0.15, 0.2) is 192 Å². The zero-order valence-corrected chi connectivity index (χ0v) is 26.3. The lowest BCUT2D eigenvalue weighted by atomic mass is 9.96. The topological polar surface area (TPSA) is 16.4 Å². The number of rotatable bonds is 6. The van der Waals surface area contributed by atoms with Crippen molar-refractivity contribution in [3.8, 4) is 33.4 Å². The summed E-state index contributed by atoms with van der Waals surface area (Å²) < 4.78 is 6.69. The molecule has 2 heteroatoms. The molecule has 1 heterocycles. The molecule has 1 aromatic heterocycles. The SMILES string of the molecule is c1ccc(-c2cccc3c2oc2c(-c4ccc5cc(-c6ccc(N(c7ccccc7)c7ccccc7)cc6)ccc5c4)cccc23)cc1. The smallest absolute Gasteiger partial charge is 0.143 e. The van der Waals surface area contributed by atoms with Crippen LogP contribution in [-0.2, 0) is 0 Å². The molecule has 0 unspecified atom stereocenters. The summed E-state index contributed by atoms with van der Waals surface area (Å²) in [5.74, 6) is 0. The average molecular weight is 614 g/mol. The number of furan rings is 1. The summed E-state index contributed by atoms with van der Waals surface area (Å²) >= 11 is 0. The number of para-hydroxylation sites is 4. The molecule has 0 fully saturated rings. The van der Waals surface area contributed by atoms with Crippen molar-refractivity contribution < 1.29 is 4.42 Å². The first-order valence-corrected chi connectivity index (χ1v) is 16.3. The van der Waals surface area contributed by atoms with E-state index in [1.54, 1.807) is 0 Å². The third-order valence-electron chi connectivity index (χ3n) is 9.25. The van der Waals surface area contributed by atoms with Crippen LogP contribution in [0.3, 0.4) is 0 Å². The first-order chi connectivity index (χ1) is 23.8. The minimum Gasteiger partial charge on any atom is -0.455 e. The van der Waals surface area contributed by atoms with Crippen molar-refractivity contribution in [1.82, 2.24) is 0 Å². The van der Waals surface area contributed by atoms with Gasteiger partial charge in [-0.25, -0.2) is 0 Å². The Kier molecular flexibility index (Phi) is 6.84. The fourth-order valence-corrected chi connectivity index (χ4v) is 6.89. The van der Waals surface area contributed by atoms with Crippen molar-refractivity contribution in [3.63, 3.8) is 0 Å². The van der Waals surface area contributed by atoms with Crippen LogP contribution in [0.2, 0.25) is 0 Å². The molecule has 0 aliphatic rings. The maximum atomic E-state index is 6.69. The molecule has 2 nitrogen and oxygen atoms in total. The second kappa shape index (κ2) is 11.8. The monoisotopic (exact) mass is 613 g/mol. The van der Waals surface area contributed by atoms with Gasteiger partial charge >= 0.3 is 0 Å². The lowest BCUT2D eigenvalue weighted by Gasteiger charge is -2.25. The molecule has 0 saturated heterocycles. The van der Waals surface area contributed by atoms with Crippen molar-refractivity contribution in [3.05, 3.63) is 188 Å². The Balaban J connectivity index is 1.06. The number of hydrogen-bond donors (Lipinski definition) is 0. The summed E-state index contributed by atoms with van der Waals surface area (Å²) in [5, 5.41) is 4.68. The van der Waals surface area contributed by atoms with Crippen LogP contribution in [0.1, 0.15) is 0 Å². The molecular weight excluding hydrogens is 583 g/mol. The first kappa shape index (κ1) is 27.9. The van der Waals surface area contributed by atoms with Crippen molar-refractivity contribution in [2.45, 2.75) is 0 Å². The molecule has 0 amide bonds. The van der Waals surface area contributed by atoms with Crippen molar-refractivity contribution in [2.75, 3.05) is 4.90 Å². The zero-order chi connectivity index (χ0) is 31.9. The molecule has 9 rings (SSSR count). The molecule has 8 aromatic carbocycles. The molecule has 9 aromatic rings. The van der Waals surface area contributed by atoms with Crippen LogP contribution < -0.4 is 4.90 Å². The van der Waals surface area contributed by atoms with Crippen LogP contribution in [0.4, 0.5) is 17.1 Å². The van der Waals surface area contributed by atoms with Gasteiger partial charge in [-0.15, -0.1) is 0 Å². The highest BCUT2D eigenvalue weighted by Gasteiger charge is 2.16. The molecule has 0 atom stereocenters. The van der Waals surface area contributed by atoms with E-state index in [4.69, 9.17) is 4.42 Å². The number of hydrogen-bond acceptors (Lipinski definition) is 2. The third kappa shape index (κ3) is 4.92. The molecule has 0 bridgehead atoms. The van der Waals surface area contributed by atoms with Crippen molar-refractivity contribution in [1.29, 1.82) is 0 Å². The predicted molar refractivity (Wildman–Crippen MR) is 202 cm³/mol. The van der Waals surface area contributed by atoms with Gasteiger partial charge in [0.2, 0.25) is 0 Å². The van der Waals surface area contributed by atoms with E-state index in [9.17, 15) is 0 Å². The highest BCUT2D eigenvalue weighted by molar-refractivity contribution is 6.13. The minimum atomic E-state index is 0.923. The van der Waals surface area contributed by atoms with Crippen LogP contribution >= 0.6 is 0 Å². The molecule has 0 spiro atoms. The van der Waals surface area contributed by atoms with E-state index in [0.29, 0.717) is 0 Å². The van der Waals surface area contributed by atoms with E-state index in [0.717, 1.165) is 61.3 Å². The quantitative estimate of drug-likeness (QED) is 0.185. The van der Waals surface area contributed by atoms with E-state index >= 15 is 0 Å². The Morgan fingerprint density at radius 1 is 0.312 bits per heavy atom. The van der Waals surface area contributed by atoms with Gasteiger partial charge in [-0.3, -0.25) is 0 Å². The molecule has 0 radical (unpaired) electrons. The fraction of sp³-hybridized carbons (Fsp3) is 0. The Morgan fingerprint density at radius 3 is 1.35 bits per heavy atom. The van der Waals surface area contributed by atoms with Gasteiger partial charge < -0.3 is 9.32 Å². The summed E-state index contributed by atoms with van der Waals surface area (Å²) in [6.45, 7) is 0. The van der Waals surface area contributed by atoms with Gasteiger partial charge in [-0.1, -0.05) is 140 Å². The minimum absolute atomic E-state index is 0.923. The fourth-order valence-electron chi connectivity index (χ4n) is 6.89. The highest BCUT2D eigenvalue weighted by atomic mass is 16.3. The summed E-state index contributed by atoms with van der Waals surface area (Å²) in [4.78, 5) is 2.29. The number of anilines is 3. The van der Waals surface area contributed by atoms with E-state index in [1.807, 2.05) is 6.07 Å². The number of nitrogens with zero attached hydrogens (tertiary/aromatic N) is 1. The lowest BCUT2D eigenvalue weighted by Crippen LogP contribution is -2.09. The Labute approximate surface area is 279 Å². The van der Waals surface area contributed by atoms with Crippen LogP contribution in [-0.4, -0.2) is 0 Å². The maximum Gasteiger partial charge on any atom is 0.143 e. The summed E-state index contributed by atoms with van der Waals surface area (Å²) in [5.41, 5.74) is 12.1. The van der Waals surface area contributed by atoms with Gasteiger partial charge in [0.1, 0.15) is 11.2 Å². The van der Waals surface area contributed by atoms with Crippen molar-refractivity contribution in [2.24, 2.45) is 0 Å². The van der Waals surface area contributed by atoms with Crippen molar-refractivity contribution >= 4 is 49.8 Å². The molecule has 0 saturated carbocycles. The molecular formula is C46H31NO.